The van der Waals surface area contributed by atoms with Gasteiger partial charge in [0.2, 0.25) is 0 Å². The molecule has 6 nitrogen and oxygen atoms in total. The van der Waals surface area contributed by atoms with E-state index < -0.39 is 0 Å². The van der Waals surface area contributed by atoms with Gasteiger partial charge in [0.1, 0.15) is 5.75 Å². The van der Waals surface area contributed by atoms with E-state index in [2.05, 4.69) is 45.5 Å². The molecule has 1 aromatic carbocycles. The first-order valence-corrected chi connectivity index (χ1v) is 9.09. The molecule has 2 rings (SSSR count). The quantitative estimate of drug-likeness (QED) is 0.574. The first-order valence-electron chi connectivity index (χ1n) is 9.09. The summed E-state index contributed by atoms with van der Waals surface area (Å²) < 4.78 is 5.39. The Balaban J connectivity index is 1.72. The average molecular weight is 348 g/mol. The van der Waals surface area contributed by atoms with Gasteiger partial charge in [0.05, 0.1) is 7.11 Å². The monoisotopic (exact) mass is 347 g/mol. The van der Waals surface area contributed by atoms with E-state index in [-0.39, 0.29) is 0 Å². The van der Waals surface area contributed by atoms with E-state index in [1.54, 1.807) is 7.11 Å². The molecule has 0 aliphatic carbocycles. The predicted octanol–water partition coefficient (Wildman–Crippen LogP) is 1.24. The molecule has 1 aliphatic heterocycles. The summed E-state index contributed by atoms with van der Waals surface area (Å²) in [6.07, 6.45) is 0. The Hall–Kier alpha value is -1.79. The number of rotatable bonds is 7. The Labute approximate surface area is 152 Å². The second kappa shape index (κ2) is 10.3. The molecule has 0 spiro atoms. The fourth-order valence-electron chi connectivity index (χ4n) is 3.06. The van der Waals surface area contributed by atoms with E-state index in [0.29, 0.717) is 12.5 Å². The molecule has 1 fully saturated rings. The first kappa shape index (κ1) is 19.5. The molecule has 140 valence electrons. The summed E-state index contributed by atoms with van der Waals surface area (Å²) in [5, 5.41) is 6.80. The van der Waals surface area contributed by atoms with Crippen LogP contribution in [0.25, 0.3) is 0 Å². The van der Waals surface area contributed by atoms with Crippen LogP contribution in [0, 0.1) is 5.92 Å². The Morgan fingerprint density at radius 3 is 2.60 bits per heavy atom. The molecule has 0 aromatic heterocycles. The van der Waals surface area contributed by atoms with Gasteiger partial charge in [-0.3, -0.25) is 4.99 Å². The van der Waals surface area contributed by atoms with Gasteiger partial charge >= 0.3 is 0 Å². The van der Waals surface area contributed by atoms with Gasteiger partial charge in [0.25, 0.3) is 0 Å². The van der Waals surface area contributed by atoms with Crippen molar-refractivity contribution in [2.24, 2.45) is 10.9 Å². The number of aliphatic imine (C=N–C) groups is 1. The molecule has 0 amide bonds. The molecule has 2 N–H and O–H groups in total. The lowest BCUT2D eigenvalue weighted by Crippen LogP contribution is -2.47. The van der Waals surface area contributed by atoms with Crippen molar-refractivity contribution in [2.75, 3.05) is 60.5 Å². The van der Waals surface area contributed by atoms with Gasteiger partial charge in [0.15, 0.2) is 5.96 Å². The number of para-hydroxylation sites is 1. The van der Waals surface area contributed by atoms with Crippen molar-refractivity contribution in [3.63, 3.8) is 0 Å². The van der Waals surface area contributed by atoms with Crippen LogP contribution in [0.5, 0.6) is 5.75 Å². The fourth-order valence-corrected chi connectivity index (χ4v) is 3.06. The number of methoxy groups -OCH3 is 1. The average Bonchev–Trinajstić information content (AvgIpc) is 2.64. The van der Waals surface area contributed by atoms with Crippen molar-refractivity contribution in [1.82, 2.24) is 20.4 Å². The third-order valence-electron chi connectivity index (χ3n) is 4.65. The molecule has 0 saturated carbocycles. The minimum atomic E-state index is 0.577. The summed E-state index contributed by atoms with van der Waals surface area (Å²) in [5.74, 6) is 2.30. The summed E-state index contributed by atoms with van der Waals surface area (Å²) in [5.41, 5.74) is 1.12. The van der Waals surface area contributed by atoms with Crippen LogP contribution in [0.3, 0.4) is 0 Å². The van der Waals surface area contributed by atoms with Gasteiger partial charge in [-0.15, -0.1) is 0 Å². The van der Waals surface area contributed by atoms with Gasteiger partial charge in [-0.25, -0.2) is 0 Å². The number of ether oxygens (including phenoxy) is 1. The van der Waals surface area contributed by atoms with E-state index >= 15 is 0 Å². The third kappa shape index (κ3) is 6.55. The van der Waals surface area contributed by atoms with Gasteiger partial charge in [-0.05, 0) is 19.0 Å². The van der Waals surface area contributed by atoms with Crippen LogP contribution < -0.4 is 15.4 Å². The zero-order valence-electron chi connectivity index (χ0n) is 16.1. The van der Waals surface area contributed by atoms with Crippen molar-refractivity contribution in [3.8, 4) is 5.75 Å². The first-order chi connectivity index (χ1) is 12.1. The molecule has 1 atom stereocenters. The molecular weight excluding hydrogens is 314 g/mol. The standard InChI is InChI=1S/C19H33N5O/c1-16(15-24-11-9-23(3)10-12-24)13-21-19(20-2)22-14-17-7-5-6-8-18(17)25-4/h5-8,16H,9-15H2,1-4H3,(H2,20,21,22). The number of hydrogen-bond donors (Lipinski definition) is 2. The topological polar surface area (TPSA) is 52.1 Å². The number of nitrogens with one attached hydrogen (secondary N) is 2. The largest absolute Gasteiger partial charge is 0.496 e. The molecular formula is C19H33N5O. The lowest BCUT2D eigenvalue weighted by Gasteiger charge is -2.34. The molecule has 1 saturated heterocycles. The molecule has 0 bridgehead atoms. The minimum absolute atomic E-state index is 0.577. The number of likely N-dealkylation sites (N-methyl/N-ethyl adjacent to an activating group) is 1. The maximum absolute atomic E-state index is 5.39. The van der Waals surface area contributed by atoms with Gasteiger partial charge in [-0.2, -0.15) is 0 Å². The smallest absolute Gasteiger partial charge is 0.191 e. The molecule has 1 heterocycles. The molecule has 1 aliphatic rings. The number of hydrogen-bond acceptors (Lipinski definition) is 4. The highest BCUT2D eigenvalue weighted by molar-refractivity contribution is 5.79. The Bertz CT molecular complexity index is 540. The highest BCUT2D eigenvalue weighted by atomic mass is 16.5. The molecule has 25 heavy (non-hydrogen) atoms. The van der Waals surface area contributed by atoms with E-state index in [4.69, 9.17) is 4.74 Å². The second-order valence-corrected chi connectivity index (χ2v) is 6.83. The number of nitrogens with zero attached hydrogens (tertiary/aromatic N) is 3. The van der Waals surface area contributed by atoms with Crippen molar-refractivity contribution >= 4 is 5.96 Å². The van der Waals surface area contributed by atoms with Crippen molar-refractivity contribution in [2.45, 2.75) is 13.5 Å². The van der Waals surface area contributed by atoms with Gasteiger partial charge in [-0.1, -0.05) is 25.1 Å². The summed E-state index contributed by atoms with van der Waals surface area (Å²) in [6, 6.07) is 8.05. The van der Waals surface area contributed by atoms with Gasteiger partial charge < -0.3 is 25.2 Å². The zero-order chi connectivity index (χ0) is 18.1. The lowest BCUT2D eigenvalue weighted by molar-refractivity contribution is 0.139. The normalized spacial score (nSPS) is 18.0. The fraction of sp³-hybridized carbons (Fsp3) is 0.632. The third-order valence-corrected chi connectivity index (χ3v) is 4.65. The highest BCUT2D eigenvalue weighted by Gasteiger charge is 2.16. The maximum atomic E-state index is 5.39. The van der Waals surface area contributed by atoms with Crippen molar-refractivity contribution in [1.29, 1.82) is 0 Å². The number of piperazine rings is 1. The highest BCUT2D eigenvalue weighted by Crippen LogP contribution is 2.16. The number of benzene rings is 1. The molecule has 1 aromatic rings. The lowest BCUT2D eigenvalue weighted by atomic mass is 10.1. The van der Waals surface area contributed by atoms with Crippen LogP contribution >= 0.6 is 0 Å². The SMILES string of the molecule is CN=C(NCc1ccccc1OC)NCC(C)CN1CCN(C)CC1. The summed E-state index contributed by atoms with van der Waals surface area (Å²) in [6.45, 7) is 9.70. The van der Waals surface area contributed by atoms with Crippen LogP contribution in [-0.4, -0.2) is 76.2 Å². The van der Waals surface area contributed by atoms with Crippen LogP contribution in [0.1, 0.15) is 12.5 Å². The van der Waals surface area contributed by atoms with Crippen molar-refractivity contribution < 1.29 is 4.74 Å². The van der Waals surface area contributed by atoms with Crippen LogP contribution in [0.2, 0.25) is 0 Å². The Morgan fingerprint density at radius 1 is 1.20 bits per heavy atom. The maximum Gasteiger partial charge on any atom is 0.191 e. The van der Waals surface area contributed by atoms with Gasteiger partial charge in [0, 0.05) is 58.4 Å². The van der Waals surface area contributed by atoms with E-state index in [0.717, 1.165) is 30.4 Å². The van der Waals surface area contributed by atoms with E-state index in [1.165, 1.54) is 26.2 Å². The Kier molecular flexibility index (Phi) is 8.01. The van der Waals surface area contributed by atoms with E-state index in [9.17, 15) is 0 Å². The zero-order valence-corrected chi connectivity index (χ0v) is 16.1. The predicted molar refractivity (Wildman–Crippen MR) is 104 cm³/mol. The van der Waals surface area contributed by atoms with Crippen LogP contribution in [0.4, 0.5) is 0 Å². The molecule has 6 heteroatoms. The summed E-state index contributed by atoms with van der Waals surface area (Å²) in [7, 11) is 5.70. The number of guanidine groups is 1. The van der Waals surface area contributed by atoms with Crippen LogP contribution in [-0.2, 0) is 6.54 Å². The summed E-state index contributed by atoms with van der Waals surface area (Å²) >= 11 is 0. The van der Waals surface area contributed by atoms with Crippen LogP contribution in [0.15, 0.2) is 29.3 Å². The molecule has 1 unspecified atom stereocenters. The summed E-state index contributed by atoms with van der Waals surface area (Å²) in [4.78, 5) is 9.27. The molecule has 0 radical (unpaired) electrons. The van der Waals surface area contributed by atoms with Crippen molar-refractivity contribution in [3.05, 3.63) is 29.8 Å². The Morgan fingerprint density at radius 2 is 1.92 bits per heavy atom. The second-order valence-electron chi connectivity index (χ2n) is 6.83. The van der Waals surface area contributed by atoms with E-state index in [1.807, 2.05) is 25.2 Å². The minimum Gasteiger partial charge on any atom is -0.496 e.